The molecule has 3 nitrogen and oxygen atoms in total. The Bertz CT molecular complexity index is 525. The van der Waals surface area contributed by atoms with Crippen LogP contribution in [0.2, 0.25) is 0 Å². The minimum atomic E-state index is 0.588. The Morgan fingerprint density at radius 1 is 0.783 bits per heavy atom. The number of ether oxygens (including phenoxy) is 2. The number of hydrogen-bond acceptors (Lipinski definition) is 3. The Kier molecular flexibility index (Phi) is 8.06. The van der Waals surface area contributed by atoms with Gasteiger partial charge in [-0.1, -0.05) is 43.7 Å². The third-order valence-electron chi connectivity index (χ3n) is 3.55. The predicted molar refractivity (Wildman–Crippen MR) is 95.1 cm³/mol. The van der Waals surface area contributed by atoms with Gasteiger partial charge in [-0.15, -0.1) is 0 Å². The van der Waals surface area contributed by atoms with Gasteiger partial charge in [-0.2, -0.15) is 0 Å². The highest BCUT2D eigenvalue weighted by atomic mass is 16.5. The van der Waals surface area contributed by atoms with Crippen molar-refractivity contribution in [3.8, 4) is 11.5 Å². The molecule has 0 aliphatic heterocycles. The predicted octanol–water partition coefficient (Wildman–Crippen LogP) is 4.42. The number of nitrogens with one attached hydrogen (secondary N) is 1. The molecule has 2 aromatic rings. The van der Waals surface area contributed by atoms with Crippen LogP contribution in [0.4, 0.5) is 0 Å². The minimum Gasteiger partial charge on any atom is -0.494 e. The van der Waals surface area contributed by atoms with Gasteiger partial charge in [0.1, 0.15) is 18.1 Å². The molecule has 0 fully saturated rings. The molecule has 0 saturated carbocycles. The second-order valence-electron chi connectivity index (χ2n) is 5.55. The van der Waals surface area contributed by atoms with Crippen LogP contribution >= 0.6 is 0 Å². The van der Waals surface area contributed by atoms with Gasteiger partial charge in [0, 0.05) is 0 Å². The fourth-order valence-electron chi connectivity index (χ4n) is 2.19. The molecule has 0 unspecified atom stereocenters. The highest BCUT2D eigenvalue weighted by molar-refractivity contribution is 5.31. The molecule has 0 atom stereocenters. The standard InChI is InChI=1S/C20H27NO2/c1-2-3-14-21-15-7-16-22-19-10-12-20(13-11-19)23-17-18-8-5-4-6-9-18/h4-6,8-13,21H,2-3,7,14-17H2,1H3. The summed E-state index contributed by atoms with van der Waals surface area (Å²) in [7, 11) is 0. The van der Waals surface area contributed by atoms with Crippen molar-refractivity contribution in [2.24, 2.45) is 0 Å². The maximum Gasteiger partial charge on any atom is 0.120 e. The zero-order chi connectivity index (χ0) is 16.2. The molecule has 2 aromatic carbocycles. The topological polar surface area (TPSA) is 30.5 Å². The Morgan fingerprint density at radius 2 is 1.43 bits per heavy atom. The third kappa shape index (κ3) is 7.20. The van der Waals surface area contributed by atoms with Crippen molar-refractivity contribution in [1.82, 2.24) is 5.32 Å². The van der Waals surface area contributed by atoms with Gasteiger partial charge in [0.25, 0.3) is 0 Å². The highest BCUT2D eigenvalue weighted by Crippen LogP contribution is 2.18. The van der Waals surface area contributed by atoms with Crippen molar-refractivity contribution >= 4 is 0 Å². The van der Waals surface area contributed by atoms with Crippen LogP contribution in [0.15, 0.2) is 54.6 Å². The van der Waals surface area contributed by atoms with E-state index in [-0.39, 0.29) is 0 Å². The van der Waals surface area contributed by atoms with E-state index in [2.05, 4.69) is 24.4 Å². The summed E-state index contributed by atoms with van der Waals surface area (Å²) in [6.07, 6.45) is 3.50. The van der Waals surface area contributed by atoms with E-state index < -0.39 is 0 Å². The Balaban J connectivity index is 1.62. The van der Waals surface area contributed by atoms with Gasteiger partial charge in [0.2, 0.25) is 0 Å². The molecule has 0 amide bonds. The monoisotopic (exact) mass is 313 g/mol. The van der Waals surface area contributed by atoms with Crippen molar-refractivity contribution in [2.75, 3.05) is 19.7 Å². The molecule has 0 aliphatic carbocycles. The van der Waals surface area contributed by atoms with E-state index in [1.165, 1.54) is 18.4 Å². The lowest BCUT2D eigenvalue weighted by molar-refractivity contribution is 0.298. The Morgan fingerprint density at radius 3 is 2.13 bits per heavy atom. The molecule has 124 valence electrons. The van der Waals surface area contributed by atoms with E-state index in [9.17, 15) is 0 Å². The summed E-state index contributed by atoms with van der Waals surface area (Å²) in [6.45, 7) is 5.65. The van der Waals surface area contributed by atoms with Gasteiger partial charge in [-0.05, 0) is 55.8 Å². The average Bonchev–Trinajstić information content (AvgIpc) is 2.61. The number of unbranched alkanes of at least 4 members (excludes halogenated alkanes) is 1. The van der Waals surface area contributed by atoms with E-state index in [0.717, 1.165) is 37.6 Å². The van der Waals surface area contributed by atoms with Gasteiger partial charge in [-0.25, -0.2) is 0 Å². The first kappa shape index (κ1) is 17.4. The van der Waals surface area contributed by atoms with Crippen molar-refractivity contribution in [1.29, 1.82) is 0 Å². The quantitative estimate of drug-likeness (QED) is 0.623. The molecule has 0 aliphatic rings. The summed E-state index contributed by atoms with van der Waals surface area (Å²) in [6, 6.07) is 18.0. The normalized spacial score (nSPS) is 10.5. The van der Waals surface area contributed by atoms with Gasteiger partial charge >= 0.3 is 0 Å². The molecular weight excluding hydrogens is 286 g/mol. The van der Waals surface area contributed by atoms with Crippen molar-refractivity contribution in [3.05, 3.63) is 60.2 Å². The van der Waals surface area contributed by atoms with Crippen LogP contribution in [0, 0.1) is 0 Å². The molecule has 0 heterocycles. The smallest absolute Gasteiger partial charge is 0.120 e. The molecule has 0 aromatic heterocycles. The van der Waals surface area contributed by atoms with E-state index >= 15 is 0 Å². The largest absolute Gasteiger partial charge is 0.494 e. The lowest BCUT2D eigenvalue weighted by Gasteiger charge is -2.09. The summed E-state index contributed by atoms with van der Waals surface area (Å²) in [5.41, 5.74) is 1.17. The first-order valence-corrected chi connectivity index (χ1v) is 8.49. The van der Waals surface area contributed by atoms with Gasteiger partial charge in [-0.3, -0.25) is 0 Å². The van der Waals surface area contributed by atoms with Crippen LogP contribution in [0.1, 0.15) is 31.7 Å². The molecule has 1 N–H and O–H groups in total. The van der Waals surface area contributed by atoms with Gasteiger partial charge in [0.15, 0.2) is 0 Å². The summed E-state index contributed by atoms with van der Waals surface area (Å²) in [4.78, 5) is 0. The molecule has 3 heteroatoms. The lowest BCUT2D eigenvalue weighted by Crippen LogP contribution is -2.18. The van der Waals surface area contributed by atoms with Crippen LogP contribution in [0.3, 0.4) is 0 Å². The summed E-state index contributed by atoms with van der Waals surface area (Å²) in [5, 5.41) is 3.41. The molecule has 0 bridgehead atoms. The molecule has 0 saturated heterocycles. The molecule has 0 spiro atoms. The number of rotatable bonds is 11. The van der Waals surface area contributed by atoms with E-state index in [1.54, 1.807) is 0 Å². The fourth-order valence-corrected chi connectivity index (χ4v) is 2.19. The van der Waals surface area contributed by atoms with Crippen LogP contribution < -0.4 is 14.8 Å². The van der Waals surface area contributed by atoms with Gasteiger partial charge < -0.3 is 14.8 Å². The zero-order valence-corrected chi connectivity index (χ0v) is 14.0. The van der Waals surface area contributed by atoms with Crippen LogP contribution in [0.25, 0.3) is 0 Å². The Hall–Kier alpha value is -2.00. The van der Waals surface area contributed by atoms with E-state index in [4.69, 9.17) is 9.47 Å². The number of benzene rings is 2. The number of hydrogen-bond donors (Lipinski definition) is 1. The lowest BCUT2D eigenvalue weighted by atomic mass is 10.2. The zero-order valence-electron chi connectivity index (χ0n) is 14.0. The second kappa shape index (κ2) is 10.7. The first-order chi connectivity index (χ1) is 11.4. The minimum absolute atomic E-state index is 0.588. The van der Waals surface area contributed by atoms with E-state index in [1.807, 2.05) is 42.5 Å². The van der Waals surface area contributed by atoms with Crippen molar-refractivity contribution < 1.29 is 9.47 Å². The maximum atomic E-state index is 5.76. The maximum absolute atomic E-state index is 5.76. The summed E-state index contributed by atoms with van der Waals surface area (Å²) in [5.74, 6) is 1.76. The average molecular weight is 313 g/mol. The molecular formula is C20H27NO2. The first-order valence-electron chi connectivity index (χ1n) is 8.49. The van der Waals surface area contributed by atoms with Crippen molar-refractivity contribution in [3.63, 3.8) is 0 Å². The van der Waals surface area contributed by atoms with Crippen LogP contribution in [-0.4, -0.2) is 19.7 Å². The molecule has 23 heavy (non-hydrogen) atoms. The van der Waals surface area contributed by atoms with Gasteiger partial charge in [0.05, 0.1) is 6.61 Å². The van der Waals surface area contributed by atoms with Crippen molar-refractivity contribution in [2.45, 2.75) is 32.8 Å². The summed E-state index contributed by atoms with van der Waals surface area (Å²) < 4.78 is 11.5. The van der Waals surface area contributed by atoms with Crippen LogP contribution in [0.5, 0.6) is 11.5 Å². The Labute approximate surface area is 139 Å². The SMILES string of the molecule is CCCCNCCCOc1ccc(OCc2ccccc2)cc1. The van der Waals surface area contributed by atoms with Crippen LogP contribution in [-0.2, 0) is 6.61 Å². The highest BCUT2D eigenvalue weighted by Gasteiger charge is 1.98. The molecule has 0 radical (unpaired) electrons. The third-order valence-corrected chi connectivity index (χ3v) is 3.55. The fraction of sp³-hybridized carbons (Fsp3) is 0.400. The molecule has 2 rings (SSSR count). The van der Waals surface area contributed by atoms with E-state index in [0.29, 0.717) is 6.61 Å². The second-order valence-corrected chi connectivity index (χ2v) is 5.55. The summed E-state index contributed by atoms with van der Waals surface area (Å²) >= 11 is 0.